The van der Waals surface area contributed by atoms with Gasteiger partial charge in [0.25, 0.3) is 0 Å². The van der Waals surface area contributed by atoms with Gasteiger partial charge in [-0.05, 0) is 18.9 Å². The Balaban J connectivity index is 2.19. The van der Waals surface area contributed by atoms with Crippen molar-refractivity contribution in [3.63, 3.8) is 0 Å². The van der Waals surface area contributed by atoms with Crippen LogP contribution in [0.15, 0.2) is 16.5 Å². The number of aliphatic hydroxyl groups excluding tert-OH is 1. The van der Waals surface area contributed by atoms with E-state index in [-0.39, 0.29) is 18.4 Å². The number of furan rings is 1. The van der Waals surface area contributed by atoms with E-state index in [1.165, 1.54) is 13.3 Å². The molecule has 0 saturated carbocycles. The molecule has 0 aromatic carbocycles. The van der Waals surface area contributed by atoms with Gasteiger partial charge in [0.2, 0.25) is 0 Å². The lowest BCUT2D eigenvalue weighted by Crippen LogP contribution is -2.37. The fraction of sp³-hybridized carbons (Fsp3) is 0.615. The Morgan fingerprint density at radius 1 is 1.47 bits per heavy atom. The SMILES string of the molecule is CC(=O)c1ccc(N2CCCCCC2CO)o1. The summed E-state index contributed by atoms with van der Waals surface area (Å²) in [6.45, 7) is 2.51. The number of ketones is 1. The average Bonchev–Trinajstić information content (AvgIpc) is 2.68. The van der Waals surface area contributed by atoms with Crippen LogP contribution in [0.5, 0.6) is 0 Å². The lowest BCUT2D eigenvalue weighted by molar-refractivity contribution is 0.0987. The molecule has 1 unspecified atom stereocenters. The second-order valence-electron chi connectivity index (χ2n) is 4.57. The first-order valence-corrected chi connectivity index (χ1v) is 6.20. The van der Waals surface area contributed by atoms with Crippen molar-refractivity contribution in [1.29, 1.82) is 0 Å². The van der Waals surface area contributed by atoms with E-state index in [0.29, 0.717) is 11.6 Å². The molecule has 4 heteroatoms. The van der Waals surface area contributed by atoms with Crippen LogP contribution in [0.3, 0.4) is 0 Å². The molecule has 1 fully saturated rings. The minimum absolute atomic E-state index is 0.0633. The molecule has 0 radical (unpaired) electrons. The second-order valence-corrected chi connectivity index (χ2v) is 4.57. The number of carbonyl (C=O) groups excluding carboxylic acids is 1. The molecular weight excluding hydrogens is 218 g/mol. The Morgan fingerprint density at radius 3 is 2.94 bits per heavy atom. The van der Waals surface area contributed by atoms with Crippen LogP contribution in [-0.4, -0.2) is 30.1 Å². The number of hydrogen-bond donors (Lipinski definition) is 1. The highest BCUT2D eigenvalue weighted by Crippen LogP contribution is 2.26. The van der Waals surface area contributed by atoms with Gasteiger partial charge in [-0.15, -0.1) is 0 Å². The molecule has 0 amide bonds. The summed E-state index contributed by atoms with van der Waals surface area (Å²) in [6.07, 6.45) is 4.41. The summed E-state index contributed by atoms with van der Waals surface area (Å²) in [5, 5.41) is 9.41. The Hall–Kier alpha value is -1.29. The quantitative estimate of drug-likeness (QED) is 0.819. The first kappa shape index (κ1) is 12.2. The third-order valence-corrected chi connectivity index (χ3v) is 3.31. The monoisotopic (exact) mass is 237 g/mol. The van der Waals surface area contributed by atoms with Crippen molar-refractivity contribution in [2.45, 2.75) is 38.6 Å². The molecule has 1 aliphatic rings. The van der Waals surface area contributed by atoms with Crippen molar-refractivity contribution in [2.75, 3.05) is 18.1 Å². The van der Waals surface area contributed by atoms with Gasteiger partial charge in [-0.3, -0.25) is 4.79 Å². The van der Waals surface area contributed by atoms with Crippen LogP contribution < -0.4 is 4.90 Å². The number of nitrogens with zero attached hydrogens (tertiary/aromatic N) is 1. The minimum Gasteiger partial charge on any atom is -0.437 e. The first-order valence-electron chi connectivity index (χ1n) is 6.20. The highest BCUT2D eigenvalue weighted by atomic mass is 16.4. The zero-order valence-corrected chi connectivity index (χ0v) is 10.2. The van der Waals surface area contributed by atoms with Crippen LogP contribution >= 0.6 is 0 Å². The van der Waals surface area contributed by atoms with Crippen LogP contribution in [-0.2, 0) is 0 Å². The van der Waals surface area contributed by atoms with E-state index in [1.807, 2.05) is 6.07 Å². The van der Waals surface area contributed by atoms with E-state index in [9.17, 15) is 9.90 Å². The molecule has 1 N–H and O–H groups in total. The second kappa shape index (κ2) is 5.36. The van der Waals surface area contributed by atoms with Gasteiger partial charge < -0.3 is 14.4 Å². The third-order valence-electron chi connectivity index (χ3n) is 3.31. The highest BCUT2D eigenvalue weighted by molar-refractivity contribution is 5.91. The van der Waals surface area contributed by atoms with Gasteiger partial charge in [0.05, 0.1) is 12.6 Å². The minimum atomic E-state index is -0.0633. The van der Waals surface area contributed by atoms with Crippen LogP contribution in [0.25, 0.3) is 0 Å². The number of aliphatic hydroxyl groups is 1. The summed E-state index contributed by atoms with van der Waals surface area (Å²) < 4.78 is 5.54. The molecule has 0 aliphatic carbocycles. The number of Topliss-reactive ketones (excluding diaryl/α,β-unsaturated/α-hetero) is 1. The van der Waals surface area contributed by atoms with Crippen molar-refractivity contribution in [3.05, 3.63) is 17.9 Å². The molecular formula is C13H19NO3. The molecule has 1 atom stereocenters. The molecule has 1 saturated heterocycles. The van der Waals surface area contributed by atoms with E-state index >= 15 is 0 Å². The van der Waals surface area contributed by atoms with Crippen LogP contribution in [0.1, 0.15) is 43.2 Å². The topological polar surface area (TPSA) is 53.7 Å². The lowest BCUT2D eigenvalue weighted by atomic mass is 10.1. The number of carbonyl (C=O) groups is 1. The highest BCUT2D eigenvalue weighted by Gasteiger charge is 2.23. The molecule has 2 rings (SSSR count). The Labute approximate surface area is 101 Å². The van der Waals surface area contributed by atoms with Gasteiger partial charge in [-0.2, -0.15) is 0 Å². The zero-order chi connectivity index (χ0) is 12.3. The standard InChI is InChI=1S/C13H19NO3/c1-10(16)12-6-7-13(17-12)14-8-4-2-3-5-11(14)9-15/h6-7,11,15H,2-5,8-9H2,1H3. The summed E-state index contributed by atoms with van der Waals surface area (Å²) in [4.78, 5) is 13.3. The predicted molar refractivity (Wildman–Crippen MR) is 65.4 cm³/mol. The van der Waals surface area contributed by atoms with E-state index in [4.69, 9.17) is 4.42 Å². The van der Waals surface area contributed by atoms with E-state index in [2.05, 4.69) is 4.90 Å². The van der Waals surface area contributed by atoms with Crippen molar-refractivity contribution < 1.29 is 14.3 Å². The normalized spacial score (nSPS) is 21.3. The Bertz CT molecular complexity index is 386. The van der Waals surface area contributed by atoms with Crippen LogP contribution in [0, 0.1) is 0 Å². The smallest absolute Gasteiger partial charge is 0.196 e. The van der Waals surface area contributed by atoms with Gasteiger partial charge in [-0.25, -0.2) is 0 Å². The number of hydrogen-bond acceptors (Lipinski definition) is 4. The molecule has 17 heavy (non-hydrogen) atoms. The fourth-order valence-electron chi connectivity index (χ4n) is 2.33. The summed E-state index contributed by atoms with van der Waals surface area (Å²) >= 11 is 0. The molecule has 2 heterocycles. The Morgan fingerprint density at radius 2 is 2.29 bits per heavy atom. The molecule has 94 valence electrons. The summed E-state index contributed by atoms with van der Waals surface area (Å²) in [7, 11) is 0. The predicted octanol–water partition coefficient (Wildman–Crippen LogP) is 2.22. The molecule has 1 aromatic heterocycles. The van der Waals surface area contributed by atoms with E-state index in [0.717, 1.165) is 25.8 Å². The van der Waals surface area contributed by atoms with Crippen molar-refractivity contribution in [2.24, 2.45) is 0 Å². The summed E-state index contributed by atoms with van der Waals surface area (Å²) in [5.74, 6) is 1.03. The van der Waals surface area contributed by atoms with Crippen molar-refractivity contribution >= 4 is 11.7 Å². The summed E-state index contributed by atoms with van der Waals surface area (Å²) in [5.41, 5.74) is 0. The third kappa shape index (κ3) is 2.69. The average molecular weight is 237 g/mol. The molecule has 0 bridgehead atoms. The Kier molecular flexibility index (Phi) is 3.84. The lowest BCUT2D eigenvalue weighted by Gasteiger charge is -2.28. The van der Waals surface area contributed by atoms with Gasteiger partial charge >= 0.3 is 0 Å². The van der Waals surface area contributed by atoms with Crippen LogP contribution in [0.2, 0.25) is 0 Å². The van der Waals surface area contributed by atoms with Gasteiger partial charge in [0, 0.05) is 19.5 Å². The van der Waals surface area contributed by atoms with Gasteiger partial charge in [0.15, 0.2) is 17.4 Å². The maximum Gasteiger partial charge on any atom is 0.196 e. The molecule has 0 spiro atoms. The van der Waals surface area contributed by atoms with Crippen molar-refractivity contribution in [1.82, 2.24) is 0 Å². The molecule has 4 nitrogen and oxygen atoms in total. The number of rotatable bonds is 3. The van der Waals surface area contributed by atoms with Gasteiger partial charge in [-0.1, -0.05) is 12.8 Å². The summed E-state index contributed by atoms with van der Waals surface area (Å²) in [6, 6.07) is 3.64. The first-order chi connectivity index (χ1) is 8.22. The largest absolute Gasteiger partial charge is 0.437 e. The zero-order valence-electron chi connectivity index (χ0n) is 10.2. The van der Waals surface area contributed by atoms with E-state index in [1.54, 1.807) is 6.07 Å². The maximum atomic E-state index is 11.2. The molecule has 1 aromatic rings. The van der Waals surface area contributed by atoms with Crippen molar-refractivity contribution in [3.8, 4) is 0 Å². The number of anilines is 1. The van der Waals surface area contributed by atoms with Gasteiger partial charge in [0.1, 0.15) is 0 Å². The van der Waals surface area contributed by atoms with Crippen LogP contribution in [0.4, 0.5) is 5.88 Å². The molecule has 1 aliphatic heterocycles. The maximum absolute atomic E-state index is 11.2. The van der Waals surface area contributed by atoms with E-state index < -0.39 is 0 Å². The fourth-order valence-corrected chi connectivity index (χ4v) is 2.33.